The van der Waals surface area contributed by atoms with Crippen LogP contribution in [-0.4, -0.2) is 25.7 Å². The molecule has 0 aromatic heterocycles. The maximum Gasteiger partial charge on any atom is 0.0639 e. The molecule has 2 rings (SSSR count). The van der Waals surface area contributed by atoms with Crippen LogP contribution in [0.25, 0.3) is 0 Å². The molecule has 3 heteroatoms. The van der Waals surface area contributed by atoms with Crippen LogP contribution in [0.1, 0.15) is 20.8 Å². The lowest BCUT2D eigenvalue weighted by atomic mass is 9.93. The van der Waals surface area contributed by atoms with Crippen molar-refractivity contribution in [2.45, 2.75) is 26.8 Å². The molecule has 0 saturated carbocycles. The fourth-order valence-electron chi connectivity index (χ4n) is 2.37. The van der Waals surface area contributed by atoms with Crippen LogP contribution >= 0.6 is 11.6 Å². The molecule has 1 atom stereocenters. The largest absolute Gasteiger partial charge is 0.368 e. The van der Waals surface area contributed by atoms with Crippen molar-refractivity contribution in [1.29, 1.82) is 0 Å². The number of anilines is 1. The lowest BCUT2D eigenvalue weighted by molar-refractivity contribution is 0.362. The number of halogens is 1. The van der Waals surface area contributed by atoms with Gasteiger partial charge in [-0.3, -0.25) is 0 Å². The smallest absolute Gasteiger partial charge is 0.0639 e. The predicted octanol–water partition coefficient (Wildman–Crippen LogP) is 3.16. The molecular weight excluding hydrogens is 232 g/mol. The van der Waals surface area contributed by atoms with Gasteiger partial charge in [0.05, 0.1) is 10.7 Å². The van der Waals surface area contributed by atoms with E-state index in [9.17, 15) is 0 Å². The van der Waals surface area contributed by atoms with Gasteiger partial charge in [-0.2, -0.15) is 0 Å². The fourth-order valence-corrected chi connectivity index (χ4v) is 2.63. The minimum Gasteiger partial charge on any atom is -0.368 e. The summed E-state index contributed by atoms with van der Waals surface area (Å²) in [5.41, 5.74) is 1.42. The third-order valence-electron chi connectivity index (χ3n) is 3.24. The molecule has 0 bridgehead atoms. The number of nitrogens with one attached hydrogen (secondary N) is 1. The Morgan fingerprint density at radius 3 is 2.76 bits per heavy atom. The van der Waals surface area contributed by atoms with E-state index in [1.165, 1.54) is 0 Å². The maximum atomic E-state index is 6.29. The van der Waals surface area contributed by atoms with Crippen LogP contribution in [0.2, 0.25) is 5.02 Å². The van der Waals surface area contributed by atoms with Gasteiger partial charge in [-0.05, 0) is 24.5 Å². The minimum absolute atomic E-state index is 0.268. The van der Waals surface area contributed by atoms with E-state index in [0.29, 0.717) is 6.04 Å². The first-order chi connectivity index (χ1) is 7.98. The van der Waals surface area contributed by atoms with Gasteiger partial charge in [0.25, 0.3) is 0 Å². The molecule has 0 amide bonds. The van der Waals surface area contributed by atoms with Gasteiger partial charge in [0.1, 0.15) is 0 Å². The molecule has 1 aliphatic rings. The molecule has 1 aromatic rings. The first-order valence-electron chi connectivity index (χ1n) is 6.21. The highest BCUT2D eigenvalue weighted by molar-refractivity contribution is 6.33. The van der Waals surface area contributed by atoms with E-state index in [-0.39, 0.29) is 5.41 Å². The first kappa shape index (κ1) is 12.7. The molecule has 1 aromatic carbocycles. The summed E-state index contributed by atoms with van der Waals surface area (Å²) in [5.74, 6) is 0. The lowest BCUT2D eigenvalue weighted by Gasteiger charge is -2.31. The molecule has 1 N–H and O–H groups in total. The Morgan fingerprint density at radius 2 is 2.06 bits per heavy atom. The Hall–Kier alpha value is -0.730. The lowest BCUT2D eigenvalue weighted by Crippen LogP contribution is -2.35. The van der Waals surface area contributed by atoms with Crippen molar-refractivity contribution in [2.24, 2.45) is 5.41 Å². The molecule has 17 heavy (non-hydrogen) atoms. The second-order valence-electron chi connectivity index (χ2n) is 5.78. The van der Waals surface area contributed by atoms with Gasteiger partial charge in [-0.1, -0.05) is 37.6 Å². The molecule has 1 fully saturated rings. The normalized spacial score (nSPS) is 24.5. The summed E-state index contributed by atoms with van der Waals surface area (Å²) < 4.78 is 0. The third kappa shape index (κ3) is 3.14. The first-order valence-corrected chi connectivity index (χ1v) is 6.59. The Morgan fingerprint density at radius 1 is 1.35 bits per heavy atom. The van der Waals surface area contributed by atoms with Gasteiger partial charge in [0.2, 0.25) is 0 Å². The maximum absolute atomic E-state index is 6.29. The van der Waals surface area contributed by atoms with Crippen molar-refractivity contribution in [2.75, 3.05) is 24.5 Å². The number of para-hydroxylation sites is 1. The van der Waals surface area contributed by atoms with Gasteiger partial charge >= 0.3 is 0 Å². The van der Waals surface area contributed by atoms with Crippen molar-refractivity contribution < 1.29 is 0 Å². The number of nitrogens with zero attached hydrogens (tertiary/aromatic N) is 1. The van der Waals surface area contributed by atoms with E-state index in [1.54, 1.807) is 0 Å². The highest BCUT2D eigenvalue weighted by Crippen LogP contribution is 2.29. The van der Waals surface area contributed by atoms with Crippen LogP contribution in [0, 0.1) is 5.41 Å². The Kier molecular flexibility index (Phi) is 3.64. The highest BCUT2D eigenvalue weighted by Gasteiger charge is 2.27. The van der Waals surface area contributed by atoms with Gasteiger partial charge in [-0.15, -0.1) is 0 Å². The topological polar surface area (TPSA) is 15.3 Å². The van der Waals surface area contributed by atoms with E-state index in [1.807, 2.05) is 12.1 Å². The number of hydrogen-bond donors (Lipinski definition) is 1. The van der Waals surface area contributed by atoms with E-state index in [4.69, 9.17) is 11.6 Å². The standard InChI is InChI=1S/C14H21ClN2/c1-11-8-17(10-14(2,3)9-16-11)13-7-5-4-6-12(13)15/h4-7,11,16H,8-10H2,1-3H3. The van der Waals surface area contributed by atoms with Crippen molar-refractivity contribution in [3.63, 3.8) is 0 Å². The molecule has 94 valence electrons. The molecule has 2 nitrogen and oxygen atoms in total. The van der Waals surface area contributed by atoms with Crippen molar-refractivity contribution in [1.82, 2.24) is 5.32 Å². The van der Waals surface area contributed by atoms with Gasteiger partial charge < -0.3 is 10.2 Å². The molecule has 1 heterocycles. The highest BCUT2D eigenvalue weighted by atomic mass is 35.5. The monoisotopic (exact) mass is 252 g/mol. The van der Waals surface area contributed by atoms with Gasteiger partial charge in [-0.25, -0.2) is 0 Å². The molecule has 1 unspecified atom stereocenters. The van der Waals surface area contributed by atoms with Crippen LogP contribution in [0.4, 0.5) is 5.69 Å². The molecule has 0 radical (unpaired) electrons. The second-order valence-corrected chi connectivity index (χ2v) is 6.19. The average molecular weight is 253 g/mol. The quantitative estimate of drug-likeness (QED) is 0.826. The van der Waals surface area contributed by atoms with Crippen LogP contribution < -0.4 is 10.2 Å². The third-order valence-corrected chi connectivity index (χ3v) is 3.55. The number of hydrogen-bond acceptors (Lipinski definition) is 2. The number of rotatable bonds is 1. The van der Waals surface area contributed by atoms with E-state index in [0.717, 1.165) is 30.3 Å². The fraction of sp³-hybridized carbons (Fsp3) is 0.571. The minimum atomic E-state index is 0.268. The predicted molar refractivity (Wildman–Crippen MR) is 74.9 cm³/mol. The summed E-state index contributed by atoms with van der Waals surface area (Å²) in [6.45, 7) is 9.91. The van der Waals surface area contributed by atoms with E-state index in [2.05, 4.69) is 43.1 Å². The Labute approximate surface area is 109 Å². The van der Waals surface area contributed by atoms with Crippen molar-refractivity contribution in [3.05, 3.63) is 29.3 Å². The molecule has 1 aliphatic heterocycles. The molecule has 1 saturated heterocycles. The van der Waals surface area contributed by atoms with Gasteiger partial charge in [0, 0.05) is 25.7 Å². The molecule has 0 aliphatic carbocycles. The van der Waals surface area contributed by atoms with E-state index >= 15 is 0 Å². The Balaban J connectivity index is 2.27. The summed E-state index contributed by atoms with van der Waals surface area (Å²) in [5, 5.41) is 4.41. The van der Waals surface area contributed by atoms with Crippen LogP contribution in [-0.2, 0) is 0 Å². The molecule has 0 spiro atoms. The number of benzene rings is 1. The SMILES string of the molecule is CC1CN(c2ccccc2Cl)CC(C)(C)CN1. The summed E-state index contributed by atoms with van der Waals surface area (Å²) in [4.78, 5) is 2.40. The summed E-state index contributed by atoms with van der Waals surface area (Å²) in [6, 6.07) is 8.60. The van der Waals surface area contributed by atoms with Crippen molar-refractivity contribution in [3.8, 4) is 0 Å². The van der Waals surface area contributed by atoms with Crippen LogP contribution in [0.5, 0.6) is 0 Å². The summed E-state index contributed by atoms with van der Waals surface area (Å²) in [7, 11) is 0. The van der Waals surface area contributed by atoms with Crippen LogP contribution in [0.3, 0.4) is 0 Å². The zero-order chi connectivity index (χ0) is 12.5. The zero-order valence-electron chi connectivity index (χ0n) is 10.8. The summed E-state index contributed by atoms with van der Waals surface area (Å²) in [6.07, 6.45) is 0. The van der Waals surface area contributed by atoms with Crippen LogP contribution in [0.15, 0.2) is 24.3 Å². The van der Waals surface area contributed by atoms with Gasteiger partial charge in [0.15, 0.2) is 0 Å². The molecular formula is C14H21ClN2. The summed E-state index contributed by atoms with van der Waals surface area (Å²) >= 11 is 6.29. The Bertz CT molecular complexity index is 390. The van der Waals surface area contributed by atoms with E-state index < -0.39 is 0 Å². The zero-order valence-corrected chi connectivity index (χ0v) is 11.6. The average Bonchev–Trinajstić information content (AvgIpc) is 2.38. The van der Waals surface area contributed by atoms with Crippen molar-refractivity contribution >= 4 is 17.3 Å². The second kappa shape index (κ2) is 4.87.